The molecule has 0 aliphatic carbocycles. The summed E-state index contributed by atoms with van der Waals surface area (Å²) in [7, 11) is -1.31. The monoisotopic (exact) mass is 237 g/mol. The molecule has 0 aromatic carbocycles. The number of thiocarbonyl (C=S) groups is 1. The number of sulfonamides is 1. The van der Waals surface area contributed by atoms with Gasteiger partial charge in [-0.3, -0.25) is 0 Å². The highest BCUT2D eigenvalue weighted by atomic mass is 32.2. The van der Waals surface area contributed by atoms with Gasteiger partial charge in [0.05, 0.1) is 6.26 Å². The molecule has 1 fully saturated rings. The van der Waals surface area contributed by atoms with Crippen molar-refractivity contribution in [2.45, 2.75) is 12.5 Å². The van der Waals surface area contributed by atoms with Crippen molar-refractivity contribution >= 4 is 27.4 Å². The SMILES string of the molecule is CNC(=S)NC1CCN(S(C)(=O)=O)C1. The zero-order chi connectivity index (χ0) is 10.8. The number of hydrogen-bond donors (Lipinski definition) is 2. The molecule has 1 aliphatic rings. The Balaban J connectivity index is 2.46. The molecule has 0 saturated carbocycles. The van der Waals surface area contributed by atoms with Crippen molar-refractivity contribution in [3.63, 3.8) is 0 Å². The molecule has 1 unspecified atom stereocenters. The van der Waals surface area contributed by atoms with Crippen molar-refractivity contribution in [1.29, 1.82) is 0 Å². The van der Waals surface area contributed by atoms with E-state index in [-0.39, 0.29) is 6.04 Å². The van der Waals surface area contributed by atoms with Crippen molar-refractivity contribution < 1.29 is 8.42 Å². The van der Waals surface area contributed by atoms with Gasteiger partial charge in [0.25, 0.3) is 0 Å². The van der Waals surface area contributed by atoms with Crippen LogP contribution in [0.5, 0.6) is 0 Å². The van der Waals surface area contributed by atoms with Gasteiger partial charge < -0.3 is 10.6 Å². The molecule has 1 saturated heterocycles. The largest absolute Gasteiger partial charge is 0.366 e. The smallest absolute Gasteiger partial charge is 0.211 e. The Morgan fingerprint density at radius 1 is 1.57 bits per heavy atom. The van der Waals surface area contributed by atoms with E-state index in [0.29, 0.717) is 18.2 Å². The van der Waals surface area contributed by atoms with Crippen LogP contribution in [-0.4, -0.2) is 50.3 Å². The first-order valence-corrected chi connectivity index (χ1v) is 6.62. The molecule has 1 rings (SSSR count). The summed E-state index contributed by atoms with van der Waals surface area (Å²) in [6.07, 6.45) is 2.03. The van der Waals surface area contributed by atoms with Gasteiger partial charge in [-0.25, -0.2) is 12.7 Å². The number of rotatable bonds is 2. The van der Waals surface area contributed by atoms with E-state index < -0.39 is 10.0 Å². The zero-order valence-corrected chi connectivity index (χ0v) is 9.91. The Morgan fingerprint density at radius 3 is 2.64 bits per heavy atom. The summed E-state index contributed by atoms with van der Waals surface area (Å²) in [5, 5.41) is 6.40. The van der Waals surface area contributed by atoms with Gasteiger partial charge in [0.1, 0.15) is 0 Å². The van der Waals surface area contributed by atoms with Crippen LogP contribution in [0.2, 0.25) is 0 Å². The number of hydrogen-bond acceptors (Lipinski definition) is 3. The number of nitrogens with zero attached hydrogens (tertiary/aromatic N) is 1. The molecule has 0 spiro atoms. The van der Waals surface area contributed by atoms with Crippen LogP contribution >= 0.6 is 12.2 Å². The summed E-state index contributed by atoms with van der Waals surface area (Å²) in [5.74, 6) is 0. The molecule has 5 nitrogen and oxygen atoms in total. The highest BCUT2D eigenvalue weighted by Crippen LogP contribution is 2.12. The first-order chi connectivity index (χ1) is 6.43. The van der Waals surface area contributed by atoms with Crippen LogP contribution in [-0.2, 0) is 10.0 Å². The molecule has 2 N–H and O–H groups in total. The third kappa shape index (κ3) is 3.07. The molecule has 1 aliphatic heterocycles. The Labute approximate surface area is 89.9 Å². The van der Waals surface area contributed by atoms with Crippen LogP contribution in [0, 0.1) is 0 Å². The van der Waals surface area contributed by atoms with Gasteiger partial charge in [-0.2, -0.15) is 0 Å². The summed E-state index contributed by atoms with van der Waals surface area (Å²) >= 11 is 4.93. The number of nitrogens with one attached hydrogen (secondary N) is 2. The maximum atomic E-state index is 11.2. The van der Waals surface area contributed by atoms with Crippen LogP contribution in [0.15, 0.2) is 0 Å². The standard InChI is InChI=1S/C7H15N3O2S2/c1-8-7(13)9-6-3-4-10(5-6)14(2,11)12/h6H,3-5H2,1-2H3,(H2,8,9,13). The van der Waals surface area contributed by atoms with E-state index in [2.05, 4.69) is 10.6 Å². The van der Waals surface area contributed by atoms with Crippen LogP contribution in [0.1, 0.15) is 6.42 Å². The molecular weight excluding hydrogens is 222 g/mol. The van der Waals surface area contributed by atoms with Crippen molar-refractivity contribution in [2.24, 2.45) is 0 Å². The van der Waals surface area contributed by atoms with Crippen LogP contribution in [0.3, 0.4) is 0 Å². The third-order valence-electron chi connectivity index (χ3n) is 2.18. The van der Waals surface area contributed by atoms with Crippen molar-refractivity contribution in [3.8, 4) is 0 Å². The normalized spacial score (nSPS) is 23.4. The molecule has 0 amide bonds. The minimum atomic E-state index is -3.05. The maximum absolute atomic E-state index is 11.2. The molecule has 0 aromatic heterocycles. The van der Waals surface area contributed by atoms with Crippen LogP contribution < -0.4 is 10.6 Å². The minimum absolute atomic E-state index is 0.129. The fraction of sp³-hybridized carbons (Fsp3) is 0.857. The second-order valence-electron chi connectivity index (χ2n) is 3.33. The Bertz CT molecular complexity index is 315. The van der Waals surface area contributed by atoms with Gasteiger partial charge in [0.2, 0.25) is 10.0 Å². The lowest BCUT2D eigenvalue weighted by atomic mass is 10.3. The molecule has 1 atom stereocenters. The molecule has 0 bridgehead atoms. The summed E-state index contributed by atoms with van der Waals surface area (Å²) in [5.41, 5.74) is 0. The van der Waals surface area contributed by atoms with E-state index in [0.717, 1.165) is 6.42 Å². The van der Waals surface area contributed by atoms with Gasteiger partial charge >= 0.3 is 0 Å². The average Bonchev–Trinajstić information content (AvgIpc) is 2.51. The molecule has 0 aromatic rings. The summed E-state index contributed by atoms with van der Waals surface area (Å²) in [6.45, 7) is 1.07. The predicted molar refractivity (Wildman–Crippen MR) is 59.6 cm³/mol. The molecular formula is C7H15N3O2S2. The lowest BCUT2D eigenvalue weighted by Crippen LogP contribution is -2.42. The fourth-order valence-corrected chi connectivity index (χ4v) is 2.46. The van der Waals surface area contributed by atoms with E-state index in [1.54, 1.807) is 7.05 Å². The average molecular weight is 237 g/mol. The summed E-state index contributed by atoms with van der Waals surface area (Å²) in [6, 6.07) is 0.129. The van der Waals surface area contributed by atoms with Crippen LogP contribution in [0.4, 0.5) is 0 Å². The van der Waals surface area contributed by atoms with Gasteiger partial charge in [-0.1, -0.05) is 0 Å². The summed E-state index contributed by atoms with van der Waals surface area (Å²) in [4.78, 5) is 0. The molecule has 14 heavy (non-hydrogen) atoms. The maximum Gasteiger partial charge on any atom is 0.211 e. The first-order valence-electron chi connectivity index (χ1n) is 4.37. The lowest BCUT2D eigenvalue weighted by Gasteiger charge is -2.15. The Morgan fingerprint density at radius 2 is 2.21 bits per heavy atom. The first kappa shape index (κ1) is 11.7. The lowest BCUT2D eigenvalue weighted by molar-refractivity contribution is 0.474. The third-order valence-corrected chi connectivity index (χ3v) is 3.77. The van der Waals surface area contributed by atoms with Crippen molar-refractivity contribution in [1.82, 2.24) is 14.9 Å². The quantitative estimate of drug-likeness (QED) is 0.610. The van der Waals surface area contributed by atoms with Crippen molar-refractivity contribution in [2.75, 3.05) is 26.4 Å². The van der Waals surface area contributed by atoms with E-state index in [1.807, 2.05) is 0 Å². The van der Waals surface area contributed by atoms with Gasteiger partial charge in [-0.15, -0.1) is 0 Å². The van der Waals surface area contributed by atoms with E-state index in [1.165, 1.54) is 10.6 Å². The van der Waals surface area contributed by atoms with Crippen molar-refractivity contribution in [3.05, 3.63) is 0 Å². The second-order valence-corrected chi connectivity index (χ2v) is 5.72. The Hall–Kier alpha value is -0.400. The molecule has 0 radical (unpaired) electrons. The van der Waals surface area contributed by atoms with E-state index >= 15 is 0 Å². The Kier molecular flexibility index (Phi) is 3.68. The minimum Gasteiger partial charge on any atom is -0.366 e. The van der Waals surface area contributed by atoms with Gasteiger partial charge in [-0.05, 0) is 18.6 Å². The molecule has 7 heteroatoms. The highest BCUT2D eigenvalue weighted by molar-refractivity contribution is 7.88. The molecule has 82 valence electrons. The fourth-order valence-electron chi connectivity index (χ4n) is 1.40. The second kappa shape index (κ2) is 4.41. The van der Waals surface area contributed by atoms with Gasteiger partial charge in [0.15, 0.2) is 5.11 Å². The predicted octanol–water partition coefficient (Wildman–Crippen LogP) is -0.886. The van der Waals surface area contributed by atoms with Crippen LogP contribution in [0.25, 0.3) is 0 Å². The molecule has 1 heterocycles. The van der Waals surface area contributed by atoms with E-state index in [9.17, 15) is 8.42 Å². The van der Waals surface area contributed by atoms with Gasteiger partial charge in [0, 0.05) is 26.2 Å². The highest BCUT2D eigenvalue weighted by Gasteiger charge is 2.28. The zero-order valence-electron chi connectivity index (χ0n) is 8.28. The summed E-state index contributed by atoms with van der Waals surface area (Å²) < 4.78 is 23.8. The van der Waals surface area contributed by atoms with E-state index in [4.69, 9.17) is 12.2 Å². The topological polar surface area (TPSA) is 61.4 Å².